The highest BCUT2D eigenvalue weighted by Crippen LogP contribution is 2.27. The summed E-state index contributed by atoms with van der Waals surface area (Å²) >= 11 is 5.15. The number of nitrogens with one attached hydrogen (secondary N) is 1. The molecule has 1 fully saturated rings. The van der Waals surface area contributed by atoms with Crippen LogP contribution in [0, 0.1) is 6.92 Å². The van der Waals surface area contributed by atoms with E-state index in [1.165, 1.54) is 10.5 Å². The SMILES string of the molecule is Cc1ccc(SNC2CC(O)C2)cc1Br. The van der Waals surface area contributed by atoms with Crippen molar-refractivity contribution < 1.29 is 5.11 Å². The molecule has 0 aliphatic heterocycles. The second-order valence-electron chi connectivity index (χ2n) is 3.95. The Bertz CT molecular complexity index is 352. The predicted octanol–water partition coefficient (Wildman–Crippen LogP) is 2.88. The quantitative estimate of drug-likeness (QED) is 0.839. The van der Waals surface area contributed by atoms with Gasteiger partial charge in [-0.1, -0.05) is 22.0 Å². The van der Waals surface area contributed by atoms with Crippen molar-refractivity contribution in [3.8, 4) is 0 Å². The van der Waals surface area contributed by atoms with Gasteiger partial charge < -0.3 is 5.11 Å². The van der Waals surface area contributed by atoms with Crippen molar-refractivity contribution in [1.29, 1.82) is 0 Å². The number of halogens is 1. The van der Waals surface area contributed by atoms with Crippen LogP contribution < -0.4 is 4.72 Å². The lowest BCUT2D eigenvalue weighted by atomic mass is 9.91. The topological polar surface area (TPSA) is 32.3 Å². The number of benzene rings is 1. The third kappa shape index (κ3) is 2.97. The second-order valence-corrected chi connectivity index (χ2v) is 5.72. The molecule has 1 aromatic carbocycles. The van der Waals surface area contributed by atoms with Gasteiger partial charge in [0.1, 0.15) is 0 Å². The Balaban J connectivity index is 1.86. The minimum atomic E-state index is -0.0900. The molecule has 0 heterocycles. The molecule has 1 aliphatic rings. The van der Waals surface area contributed by atoms with Crippen molar-refractivity contribution in [2.24, 2.45) is 0 Å². The van der Waals surface area contributed by atoms with Gasteiger partial charge in [0.15, 0.2) is 0 Å². The number of hydrogen-bond acceptors (Lipinski definition) is 3. The van der Waals surface area contributed by atoms with Crippen molar-refractivity contribution in [3.05, 3.63) is 28.2 Å². The van der Waals surface area contributed by atoms with E-state index in [-0.39, 0.29) is 6.10 Å². The maximum absolute atomic E-state index is 9.14. The van der Waals surface area contributed by atoms with E-state index in [2.05, 4.69) is 45.8 Å². The Labute approximate surface area is 103 Å². The van der Waals surface area contributed by atoms with Gasteiger partial charge in [0.05, 0.1) is 6.10 Å². The zero-order valence-corrected chi connectivity index (χ0v) is 10.9. The summed E-state index contributed by atoms with van der Waals surface area (Å²) in [5.74, 6) is 0. The fraction of sp³-hybridized carbons (Fsp3) is 0.455. The van der Waals surface area contributed by atoms with Crippen LogP contribution in [0.15, 0.2) is 27.6 Å². The van der Waals surface area contributed by atoms with Crippen LogP contribution in [0.3, 0.4) is 0 Å². The minimum absolute atomic E-state index is 0.0900. The molecule has 1 saturated carbocycles. The van der Waals surface area contributed by atoms with Gasteiger partial charge in [0, 0.05) is 15.4 Å². The molecule has 0 bridgehead atoms. The van der Waals surface area contributed by atoms with E-state index in [1.54, 1.807) is 11.9 Å². The molecule has 82 valence electrons. The van der Waals surface area contributed by atoms with E-state index in [9.17, 15) is 0 Å². The first-order chi connectivity index (χ1) is 7.15. The first kappa shape index (κ1) is 11.5. The fourth-order valence-electron chi connectivity index (χ4n) is 1.47. The number of aryl methyl sites for hydroxylation is 1. The Hall–Kier alpha value is -0.0300. The molecule has 1 aliphatic carbocycles. The van der Waals surface area contributed by atoms with E-state index < -0.39 is 0 Å². The van der Waals surface area contributed by atoms with Crippen molar-refractivity contribution >= 4 is 27.9 Å². The van der Waals surface area contributed by atoms with Crippen LogP contribution in [0.5, 0.6) is 0 Å². The van der Waals surface area contributed by atoms with Crippen LogP contribution in [0.4, 0.5) is 0 Å². The number of hydrogen-bond donors (Lipinski definition) is 2. The van der Waals surface area contributed by atoms with Crippen LogP contribution in [0.2, 0.25) is 0 Å². The van der Waals surface area contributed by atoms with Crippen molar-refractivity contribution in [3.63, 3.8) is 0 Å². The molecule has 0 amide bonds. The van der Waals surface area contributed by atoms with Gasteiger partial charge in [-0.15, -0.1) is 0 Å². The number of aliphatic hydroxyl groups is 1. The van der Waals surface area contributed by atoms with E-state index in [0.717, 1.165) is 17.3 Å². The Morgan fingerprint density at radius 3 is 2.80 bits per heavy atom. The molecule has 2 nitrogen and oxygen atoms in total. The van der Waals surface area contributed by atoms with Crippen LogP contribution >= 0.6 is 27.9 Å². The van der Waals surface area contributed by atoms with E-state index in [0.29, 0.717) is 6.04 Å². The molecule has 0 radical (unpaired) electrons. The lowest BCUT2D eigenvalue weighted by molar-refractivity contribution is 0.0722. The second kappa shape index (κ2) is 4.87. The predicted molar refractivity (Wildman–Crippen MR) is 66.9 cm³/mol. The molecular weight excluding hydrogens is 274 g/mol. The van der Waals surface area contributed by atoms with Crippen LogP contribution in [-0.4, -0.2) is 17.3 Å². The van der Waals surface area contributed by atoms with Gasteiger partial charge in [-0.3, -0.25) is 4.72 Å². The van der Waals surface area contributed by atoms with Crippen LogP contribution in [0.25, 0.3) is 0 Å². The molecule has 15 heavy (non-hydrogen) atoms. The molecule has 0 atom stereocenters. The third-order valence-electron chi connectivity index (χ3n) is 2.60. The third-order valence-corrected chi connectivity index (χ3v) is 4.40. The monoisotopic (exact) mass is 287 g/mol. The molecular formula is C11H14BrNOS. The summed E-state index contributed by atoms with van der Waals surface area (Å²) in [6.45, 7) is 2.08. The summed E-state index contributed by atoms with van der Waals surface area (Å²) < 4.78 is 4.49. The van der Waals surface area contributed by atoms with Gasteiger partial charge in [-0.05, 0) is 49.4 Å². The van der Waals surface area contributed by atoms with Gasteiger partial charge in [-0.2, -0.15) is 0 Å². The zero-order valence-electron chi connectivity index (χ0n) is 8.53. The highest BCUT2D eigenvalue weighted by molar-refractivity contribution is 9.10. The normalized spacial score (nSPS) is 25.0. The van der Waals surface area contributed by atoms with Crippen molar-refractivity contribution in [2.45, 2.75) is 36.8 Å². The largest absolute Gasteiger partial charge is 0.393 e. The molecule has 1 aromatic rings. The van der Waals surface area contributed by atoms with Gasteiger partial charge >= 0.3 is 0 Å². The standard InChI is InChI=1S/C11H14BrNOS/c1-7-2-3-10(6-11(7)12)15-13-8-4-9(14)5-8/h2-3,6,8-9,13-14H,4-5H2,1H3. The Kier molecular flexibility index (Phi) is 3.72. The zero-order chi connectivity index (χ0) is 10.8. The van der Waals surface area contributed by atoms with Crippen LogP contribution in [-0.2, 0) is 0 Å². The summed E-state index contributed by atoms with van der Waals surface area (Å²) in [7, 11) is 0. The maximum Gasteiger partial charge on any atom is 0.0570 e. The number of rotatable bonds is 3. The molecule has 2 rings (SSSR count). The molecule has 0 unspecified atom stereocenters. The summed E-state index contributed by atoms with van der Waals surface area (Å²) in [6.07, 6.45) is 1.66. The average Bonchev–Trinajstić information content (AvgIpc) is 2.16. The summed E-state index contributed by atoms with van der Waals surface area (Å²) in [6, 6.07) is 6.78. The summed E-state index contributed by atoms with van der Waals surface area (Å²) in [5.41, 5.74) is 1.25. The summed E-state index contributed by atoms with van der Waals surface area (Å²) in [4.78, 5) is 1.20. The van der Waals surface area contributed by atoms with Crippen molar-refractivity contribution in [2.75, 3.05) is 0 Å². The highest BCUT2D eigenvalue weighted by atomic mass is 79.9. The van der Waals surface area contributed by atoms with Crippen molar-refractivity contribution in [1.82, 2.24) is 4.72 Å². The lowest BCUT2D eigenvalue weighted by Gasteiger charge is -2.31. The highest BCUT2D eigenvalue weighted by Gasteiger charge is 2.26. The maximum atomic E-state index is 9.14. The molecule has 4 heteroatoms. The first-order valence-corrected chi connectivity index (χ1v) is 6.62. The molecule has 0 spiro atoms. The van der Waals surface area contributed by atoms with Gasteiger partial charge in [0.2, 0.25) is 0 Å². The lowest BCUT2D eigenvalue weighted by Crippen LogP contribution is -2.41. The van der Waals surface area contributed by atoms with E-state index in [4.69, 9.17) is 5.11 Å². The minimum Gasteiger partial charge on any atom is -0.393 e. The van der Waals surface area contributed by atoms with Gasteiger partial charge in [-0.25, -0.2) is 0 Å². The van der Waals surface area contributed by atoms with Crippen LogP contribution in [0.1, 0.15) is 18.4 Å². The molecule has 2 N–H and O–H groups in total. The average molecular weight is 288 g/mol. The Morgan fingerprint density at radius 2 is 2.20 bits per heavy atom. The van der Waals surface area contributed by atoms with E-state index in [1.807, 2.05) is 0 Å². The first-order valence-electron chi connectivity index (χ1n) is 5.02. The summed E-state index contributed by atoms with van der Waals surface area (Å²) in [5, 5.41) is 9.14. The van der Waals surface area contributed by atoms with E-state index >= 15 is 0 Å². The smallest absolute Gasteiger partial charge is 0.0570 e. The van der Waals surface area contributed by atoms with Gasteiger partial charge in [0.25, 0.3) is 0 Å². The Morgan fingerprint density at radius 1 is 1.47 bits per heavy atom. The fourth-order valence-corrected chi connectivity index (χ4v) is 2.81. The number of aliphatic hydroxyl groups excluding tert-OH is 1. The molecule has 0 saturated heterocycles. The molecule has 0 aromatic heterocycles.